The number of benzene rings is 1. The van der Waals surface area contributed by atoms with Gasteiger partial charge in [0, 0.05) is 18.0 Å². The van der Waals surface area contributed by atoms with Crippen molar-refractivity contribution in [3.63, 3.8) is 0 Å². The zero-order chi connectivity index (χ0) is 19.1. The van der Waals surface area contributed by atoms with E-state index in [0.717, 1.165) is 31.2 Å². The summed E-state index contributed by atoms with van der Waals surface area (Å²) in [4.78, 5) is 35.5. The molecule has 1 aromatic carbocycles. The van der Waals surface area contributed by atoms with Gasteiger partial charge in [-0.2, -0.15) is 0 Å². The predicted molar refractivity (Wildman–Crippen MR) is 98.6 cm³/mol. The van der Waals surface area contributed by atoms with Crippen LogP contribution in [0.3, 0.4) is 0 Å². The Hall–Kier alpha value is -2.37. The fourth-order valence-electron chi connectivity index (χ4n) is 3.23. The van der Waals surface area contributed by atoms with E-state index in [4.69, 9.17) is 0 Å². The van der Waals surface area contributed by atoms with Crippen molar-refractivity contribution in [2.75, 3.05) is 0 Å². The Morgan fingerprint density at radius 3 is 2.27 bits per heavy atom. The van der Waals surface area contributed by atoms with Crippen molar-refractivity contribution in [3.8, 4) is 0 Å². The molecule has 0 radical (unpaired) electrons. The van der Waals surface area contributed by atoms with Crippen LogP contribution in [0.25, 0.3) is 0 Å². The second kappa shape index (κ2) is 9.36. The smallest absolute Gasteiger partial charge is 0.326 e. The summed E-state index contributed by atoms with van der Waals surface area (Å²) in [6.45, 7) is 4.26. The molecule has 1 aromatic rings. The van der Waals surface area contributed by atoms with Crippen LogP contribution in [-0.4, -0.2) is 28.9 Å². The summed E-state index contributed by atoms with van der Waals surface area (Å²) >= 11 is 0. The summed E-state index contributed by atoms with van der Waals surface area (Å²) in [5.41, 5.74) is 1.32. The van der Waals surface area contributed by atoms with E-state index in [9.17, 15) is 19.5 Å². The van der Waals surface area contributed by atoms with Crippen LogP contribution in [0.2, 0.25) is 0 Å². The minimum absolute atomic E-state index is 0.0994. The van der Waals surface area contributed by atoms with Crippen molar-refractivity contribution < 1.29 is 19.5 Å². The van der Waals surface area contributed by atoms with E-state index in [1.54, 1.807) is 24.3 Å². The van der Waals surface area contributed by atoms with Crippen molar-refractivity contribution in [2.24, 2.45) is 11.8 Å². The number of hydrogen-bond acceptors (Lipinski definition) is 3. The van der Waals surface area contributed by atoms with E-state index >= 15 is 0 Å². The van der Waals surface area contributed by atoms with E-state index in [1.165, 1.54) is 0 Å². The lowest BCUT2D eigenvalue weighted by Gasteiger charge is -2.16. The number of carbonyl (C=O) groups is 3. The summed E-state index contributed by atoms with van der Waals surface area (Å²) in [5, 5.41) is 14.7. The first-order valence-corrected chi connectivity index (χ1v) is 9.27. The molecule has 6 heteroatoms. The third kappa shape index (κ3) is 5.86. The van der Waals surface area contributed by atoms with E-state index < -0.39 is 17.9 Å². The largest absolute Gasteiger partial charge is 0.480 e. The van der Waals surface area contributed by atoms with Gasteiger partial charge in [0.15, 0.2) is 0 Å². The van der Waals surface area contributed by atoms with E-state index in [1.807, 2.05) is 13.8 Å². The van der Waals surface area contributed by atoms with Crippen LogP contribution in [0.5, 0.6) is 0 Å². The first kappa shape index (κ1) is 19.9. The molecule has 0 aromatic heterocycles. The van der Waals surface area contributed by atoms with Crippen molar-refractivity contribution in [1.82, 2.24) is 10.6 Å². The third-order valence-electron chi connectivity index (χ3n) is 4.72. The SMILES string of the molecule is CC(C)CC(NC(=O)c1ccc(CNC(=O)C2CCCC2)cc1)C(=O)O. The number of hydrogen-bond donors (Lipinski definition) is 3. The molecule has 1 aliphatic carbocycles. The standard InChI is InChI=1S/C20H28N2O4/c1-13(2)11-17(20(25)26)22-19(24)16-9-7-14(8-10-16)12-21-18(23)15-5-3-4-6-15/h7-10,13,15,17H,3-6,11-12H2,1-2H3,(H,21,23)(H,22,24)(H,25,26). The molecule has 0 aliphatic heterocycles. The van der Waals surface area contributed by atoms with Gasteiger partial charge in [0.1, 0.15) is 6.04 Å². The van der Waals surface area contributed by atoms with Crippen LogP contribution in [-0.2, 0) is 16.1 Å². The molecular weight excluding hydrogens is 332 g/mol. The van der Waals surface area contributed by atoms with Gasteiger partial charge in [-0.3, -0.25) is 9.59 Å². The molecule has 3 N–H and O–H groups in total. The Kier molecular flexibility index (Phi) is 7.18. The van der Waals surface area contributed by atoms with E-state index in [0.29, 0.717) is 18.5 Å². The lowest BCUT2D eigenvalue weighted by atomic mass is 10.0. The molecule has 1 fully saturated rings. The maximum atomic E-state index is 12.2. The molecule has 26 heavy (non-hydrogen) atoms. The first-order chi connectivity index (χ1) is 12.4. The fraction of sp³-hybridized carbons (Fsp3) is 0.550. The molecule has 6 nitrogen and oxygen atoms in total. The Balaban J connectivity index is 1.88. The van der Waals surface area contributed by atoms with E-state index in [2.05, 4.69) is 10.6 Å². The van der Waals surface area contributed by atoms with Gasteiger partial charge in [0.25, 0.3) is 5.91 Å². The van der Waals surface area contributed by atoms with Crippen molar-refractivity contribution in [3.05, 3.63) is 35.4 Å². The normalized spacial score (nSPS) is 15.7. The maximum Gasteiger partial charge on any atom is 0.326 e. The van der Waals surface area contributed by atoms with Crippen LogP contribution >= 0.6 is 0 Å². The average molecular weight is 360 g/mol. The van der Waals surface area contributed by atoms with Gasteiger partial charge in [0.2, 0.25) is 5.91 Å². The molecule has 1 atom stereocenters. The van der Waals surface area contributed by atoms with Gasteiger partial charge in [-0.25, -0.2) is 4.79 Å². The summed E-state index contributed by atoms with van der Waals surface area (Å²) in [6, 6.07) is 5.97. The van der Waals surface area contributed by atoms with E-state index in [-0.39, 0.29) is 17.7 Å². The highest BCUT2D eigenvalue weighted by molar-refractivity contribution is 5.96. The van der Waals surface area contributed by atoms with Gasteiger partial charge in [-0.15, -0.1) is 0 Å². The quantitative estimate of drug-likeness (QED) is 0.664. The molecular formula is C20H28N2O4. The maximum absolute atomic E-state index is 12.2. The third-order valence-corrected chi connectivity index (χ3v) is 4.72. The molecule has 0 saturated heterocycles. The van der Waals surface area contributed by atoms with Gasteiger partial charge in [-0.05, 0) is 42.9 Å². The van der Waals surface area contributed by atoms with Gasteiger partial charge >= 0.3 is 5.97 Å². The molecule has 0 heterocycles. The predicted octanol–water partition coefficient (Wildman–Crippen LogP) is 2.72. The van der Waals surface area contributed by atoms with Gasteiger partial charge in [-0.1, -0.05) is 38.8 Å². The fourth-order valence-corrected chi connectivity index (χ4v) is 3.23. The monoisotopic (exact) mass is 360 g/mol. The molecule has 1 unspecified atom stereocenters. The van der Waals surface area contributed by atoms with Crippen LogP contribution < -0.4 is 10.6 Å². The molecule has 1 aliphatic rings. The Morgan fingerprint density at radius 2 is 1.73 bits per heavy atom. The van der Waals surface area contributed by atoms with Gasteiger partial charge < -0.3 is 15.7 Å². The highest BCUT2D eigenvalue weighted by Crippen LogP contribution is 2.24. The number of carbonyl (C=O) groups excluding carboxylic acids is 2. The minimum atomic E-state index is -1.03. The van der Waals surface area contributed by atoms with Crippen molar-refractivity contribution in [1.29, 1.82) is 0 Å². The Bertz CT molecular complexity index is 634. The number of amides is 2. The summed E-state index contributed by atoms with van der Waals surface area (Å²) in [6.07, 6.45) is 4.55. The number of aliphatic carboxylic acids is 1. The topological polar surface area (TPSA) is 95.5 Å². The minimum Gasteiger partial charge on any atom is -0.480 e. The second-order valence-electron chi connectivity index (χ2n) is 7.39. The highest BCUT2D eigenvalue weighted by atomic mass is 16.4. The number of nitrogens with one attached hydrogen (secondary N) is 2. The second-order valence-corrected chi connectivity index (χ2v) is 7.39. The van der Waals surface area contributed by atoms with Crippen molar-refractivity contribution in [2.45, 2.75) is 58.5 Å². The summed E-state index contributed by atoms with van der Waals surface area (Å²) in [5.74, 6) is -1.03. The molecule has 0 spiro atoms. The highest BCUT2D eigenvalue weighted by Gasteiger charge is 2.23. The number of carboxylic acids is 1. The number of carboxylic acid groups (broad SMARTS) is 1. The summed E-state index contributed by atoms with van der Waals surface area (Å²) in [7, 11) is 0. The Morgan fingerprint density at radius 1 is 1.12 bits per heavy atom. The van der Waals surface area contributed by atoms with Crippen LogP contribution in [0.1, 0.15) is 61.9 Å². The molecule has 0 bridgehead atoms. The lowest BCUT2D eigenvalue weighted by molar-refractivity contribution is -0.139. The van der Waals surface area contributed by atoms with Gasteiger partial charge in [0.05, 0.1) is 0 Å². The molecule has 1 saturated carbocycles. The lowest BCUT2D eigenvalue weighted by Crippen LogP contribution is -2.41. The number of rotatable bonds is 8. The zero-order valence-corrected chi connectivity index (χ0v) is 15.5. The van der Waals surface area contributed by atoms with Crippen LogP contribution in [0.15, 0.2) is 24.3 Å². The van der Waals surface area contributed by atoms with Crippen LogP contribution in [0, 0.1) is 11.8 Å². The molecule has 142 valence electrons. The Labute approximate surface area is 154 Å². The van der Waals surface area contributed by atoms with Crippen LogP contribution in [0.4, 0.5) is 0 Å². The van der Waals surface area contributed by atoms with Crippen molar-refractivity contribution >= 4 is 17.8 Å². The zero-order valence-electron chi connectivity index (χ0n) is 15.5. The first-order valence-electron chi connectivity index (χ1n) is 9.27. The molecule has 2 amide bonds. The summed E-state index contributed by atoms with van der Waals surface area (Å²) < 4.78 is 0. The average Bonchev–Trinajstić information content (AvgIpc) is 3.13. The molecule has 2 rings (SSSR count).